The van der Waals surface area contributed by atoms with Gasteiger partial charge >= 0.3 is 10.8 Å². The number of fused-ring (bicyclic) bond motifs is 1. The first kappa shape index (κ1) is 19.0. The van der Waals surface area contributed by atoms with Crippen LogP contribution >= 0.6 is 22.9 Å². The molecule has 1 fully saturated rings. The van der Waals surface area contributed by atoms with Crippen LogP contribution in [0.5, 0.6) is 0 Å². The second kappa shape index (κ2) is 8.26. The molecule has 140 valence electrons. The summed E-state index contributed by atoms with van der Waals surface area (Å²) in [7, 11) is 0. The zero-order valence-electron chi connectivity index (χ0n) is 14.3. The van der Waals surface area contributed by atoms with Crippen LogP contribution in [0.3, 0.4) is 0 Å². The van der Waals surface area contributed by atoms with Gasteiger partial charge in [0.1, 0.15) is 22.8 Å². The molecule has 8 nitrogen and oxygen atoms in total. The third-order valence-corrected chi connectivity index (χ3v) is 5.40. The Labute approximate surface area is 158 Å². The minimum atomic E-state index is -0.671. The van der Waals surface area contributed by atoms with E-state index in [-0.39, 0.29) is 10.8 Å². The normalized spacial score (nSPS) is 17.3. The third-order valence-electron chi connectivity index (χ3n) is 4.33. The van der Waals surface area contributed by atoms with E-state index in [1.165, 1.54) is 11.5 Å². The van der Waals surface area contributed by atoms with Gasteiger partial charge in [0, 0.05) is 39.6 Å². The predicted octanol–water partition coefficient (Wildman–Crippen LogP) is 0.990. The Balaban J connectivity index is 1.71. The molecule has 0 aromatic carbocycles. The molecule has 1 unspecified atom stereocenters. The van der Waals surface area contributed by atoms with E-state index in [4.69, 9.17) is 16.3 Å². The summed E-state index contributed by atoms with van der Waals surface area (Å²) in [5.74, 6) is -0.290. The smallest absolute Gasteiger partial charge is 0.311 e. The van der Waals surface area contributed by atoms with E-state index in [9.17, 15) is 14.4 Å². The monoisotopic (exact) mass is 398 g/mol. The number of nitrogens with zero attached hydrogens (tertiary/aromatic N) is 4. The highest BCUT2D eigenvalue weighted by molar-refractivity contribution is 7.16. The molecule has 26 heavy (non-hydrogen) atoms. The van der Waals surface area contributed by atoms with Crippen molar-refractivity contribution in [2.45, 2.75) is 13.1 Å². The van der Waals surface area contributed by atoms with E-state index < -0.39 is 6.17 Å². The van der Waals surface area contributed by atoms with Gasteiger partial charge in [0.25, 0.3) is 0 Å². The van der Waals surface area contributed by atoms with Crippen LogP contribution in [0.4, 0.5) is 0 Å². The summed E-state index contributed by atoms with van der Waals surface area (Å²) in [4.78, 5) is 43.6. The molecule has 1 atom stereocenters. The Morgan fingerprint density at radius 1 is 1.38 bits per heavy atom. The number of pyridine rings is 1. The van der Waals surface area contributed by atoms with Crippen LogP contribution in [0, 0.1) is 0 Å². The maximum Gasteiger partial charge on any atom is 0.311 e. The molecule has 0 saturated carbocycles. The van der Waals surface area contributed by atoms with Crippen molar-refractivity contribution in [3.05, 3.63) is 27.0 Å². The number of thiazole rings is 1. The second-order valence-corrected chi connectivity index (χ2v) is 7.29. The number of aldehydes is 1. The molecule has 0 spiro atoms. The van der Waals surface area contributed by atoms with Gasteiger partial charge in [-0.2, -0.15) is 0 Å². The highest BCUT2D eigenvalue weighted by Gasteiger charge is 2.27. The highest BCUT2D eigenvalue weighted by atomic mass is 35.5. The van der Waals surface area contributed by atoms with Crippen LogP contribution in [0.15, 0.2) is 16.9 Å². The molecule has 3 heterocycles. The Morgan fingerprint density at radius 3 is 2.77 bits per heavy atom. The summed E-state index contributed by atoms with van der Waals surface area (Å²) in [6.45, 7) is 5.12. The van der Waals surface area contributed by atoms with Gasteiger partial charge in [-0.3, -0.25) is 28.8 Å². The van der Waals surface area contributed by atoms with Gasteiger partial charge in [0.2, 0.25) is 0 Å². The summed E-state index contributed by atoms with van der Waals surface area (Å²) in [6.07, 6.45) is 0.117. The van der Waals surface area contributed by atoms with Crippen molar-refractivity contribution >= 4 is 45.5 Å². The average molecular weight is 399 g/mol. The third kappa shape index (κ3) is 4.12. The van der Waals surface area contributed by atoms with Gasteiger partial charge in [-0.25, -0.2) is 4.98 Å². The molecule has 0 bridgehead atoms. The van der Waals surface area contributed by atoms with Gasteiger partial charge in [-0.05, 0) is 12.1 Å². The minimum Gasteiger partial charge on any atom is -0.465 e. The van der Waals surface area contributed by atoms with E-state index in [2.05, 4.69) is 9.88 Å². The van der Waals surface area contributed by atoms with Crippen molar-refractivity contribution in [2.24, 2.45) is 0 Å². The SMILES string of the molecule is CC(=O)OCCN1CCN(C(C=O)n2c(=O)sc3nc(Cl)ccc32)CC1. The fraction of sp³-hybridized carbons (Fsp3) is 0.500. The van der Waals surface area contributed by atoms with Gasteiger partial charge in [-0.1, -0.05) is 22.9 Å². The zero-order valence-corrected chi connectivity index (χ0v) is 15.8. The summed E-state index contributed by atoms with van der Waals surface area (Å²) in [6, 6.07) is 3.33. The van der Waals surface area contributed by atoms with Gasteiger partial charge < -0.3 is 4.74 Å². The molecular weight excluding hydrogens is 380 g/mol. The topological polar surface area (TPSA) is 84.7 Å². The Morgan fingerprint density at radius 2 is 2.12 bits per heavy atom. The van der Waals surface area contributed by atoms with Crippen molar-refractivity contribution in [1.82, 2.24) is 19.4 Å². The number of halogens is 1. The quantitative estimate of drug-likeness (QED) is 0.407. The van der Waals surface area contributed by atoms with Crippen LogP contribution < -0.4 is 4.87 Å². The average Bonchev–Trinajstić information content (AvgIpc) is 2.92. The van der Waals surface area contributed by atoms with Crippen LogP contribution in [-0.2, 0) is 14.3 Å². The Kier molecular flexibility index (Phi) is 6.02. The van der Waals surface area contributed by atoms with Gasteiger partial charge in [0.15, 0.2) is 6.29 Å². The molecule has 2 aromatic heterocycles. The first-order valence-corrected chi connectivity index (χ1v) is 9.41. The summed E-state index contributed by atoms with van der Waals surface area (Å²) in [5, 5.41) is 0.315. The molecule has 1 aliphatic rings. The van der Waals surface area contributed by atoms with E-state index >= 15 is 0 Å². The van der Waals surface area contributed by atoms with E-state index in [0.717, 1.165) is 30.7 Å². The lowest BCUT2D eigenvalue weighted by atomic mass is 10.3. The number of aromatic nitrogens is 2. The number of hydrogen-bond acceptors (Lipinski definition) is 8. The van der Waals surface area contributed by atoms with Crippen LogP contribution in [-0.4, -0.2) is 70.9 Å². The largest absolute Gasteiger partial charge is 0.465 e. The molecule has 1 aliphatic heterocycles. The predicted molar refractivity (Wildman–Crippen MR) is 98.6 cm³/mol. The highest BCUT2D eigenvalue weighted by Crippen LogP contribution is 2.23. The molecule has 0 radical (unpaired) electrons. The van der Waals surface area contributed by atoms with Gasteiger partial charge in [0.05, 0.1) is 5.52 Å². The standard InChI is InChI=1S/C16H19ClN4O4S/c1-11(23)25-9-8-19-4-6-20(7-5-19)14(10-22)21-12-2-3-13(17)18-15(12)26-16(21)24/h2-3,10,14H,4-9H2,1H3. The number of carbonyl (C=O) groups excluding carboxylic acids is 2. The molecule has 2 aromatic rings. The number of esters is 1. The first-order chi connectivity index (χ1) is 12.5. The lowest BCUT2D eigenvalue weighted by molar-refractivity contribution is -0.141. The molecule has 1 saturated heterocycles. The second-order valence-electron chi connectivity index (χ2n) is 5.96. The molecule has 10 heteroatoms. The lowest BCUT2D eigenvalue weighted by Gasteiger charge is -2.37. The number of hydrogen-bond donors (Lipinski definition) is 0. The molecule has 0 aliphatic carbocycles. The zero-order chi connectivity index (χ0) is 18.7. The number of piperazine rings is 1. The molecular formula is C16H19ClN4O4S. The molecule has 3 rings (SSSR count). The van der Waals surface area contributed by atoms with E-state index in [1.54, 1.807) is 12.1 Å². The van der Waals surface area contributed by atoms with Crippen molar-refractivity contribution < 1.29 is 14.3 Å². The number of ether oxygens (including phenoxy) is 1. The number of carbonyl (C=O) groups is 2. The van der Waals surface area contributed by atoms with Crippen molar-refractivity contribution in [1.29, 1.82) is 0 Å². The van der Waals surface area contributed by atoms with Crippen molar-refractivity contribution in [2.75, 3.05) is 39.3 Å². The fourth-order valence-electron chi connectivity index (χ4n) is 3.03. The van der Waals surface area contributed by atoms with Crippen molar-refractivity contribution in [3.8, 4) is 0 Å². The molecule has 0 amide bonds. The summed E-state index contributed by atoms with van der Waals surface area (Å²) >= 11 is 6.87. The molecule has 0 N–H and O–H groups in total. The Hall–Kier alpha value is -1.81. The van der Waals surface area contributed by atoms with E-state index in [1.807, 2.05) is 4.90 Å². The Bertz CT molecular complexity index is 860. The van der Waals surface area contributed by atoms with E-state index in [0.29, 0.717) is 41.7 Å². The minimum absolute atomic E-state index is 0.232. The van der Waals surface area contributed by atoms with Gasteiger partial charge in [-0.15, -0.1) is 0 Å². The van der Waals surface area contributed by atoms with Crippen LogP contribution in [0.25, 0.3) is 10.3 Å². The number of rotatable bonds is 6. The fourth-order valence-corrected chi connectivity index (χ4v) is 4.11. The maximum atomic E-state index is 12.4. The maximum absolute atomic E-state index is 12.4. The van der Waals surface area contributed by atoms with Crippen molar-refractivity contribution in [3.63, 3.8) is 0 Å². The lowest BCUT2D eigenvalue weighted by Crippen LogP contribution is -2.50. The first-order valence-electron chi connectivity index (χ1n) is 8.22. The summed E-state index contributed by atoms with van der Waals surface area (Å²) < 4.78 is 6.44. The van der Waals surface area contributed by atoms with Crippen LogP contribution in [0.1, 0.15) is 13.1 Å². The van der Waals surface area contributed by atoms with Crippen LogP contribution in [0.2, 0.25) is 5.15 Å². The summed E-state index contributed by atoms with van der Waals surface area (Å²) in [5.41, 5.74) is 0.610.